The van der Waals surface area contributed by atoms with Gasteiger partial charge in [-0.25, -0.2) is 4.39 Å². The van der Waals surface area contributed by atoms with Gasteiger partial charge in [0.1, 0.15) is 5.82 Å². The number of halogens is 1. The molecular formula is C19H21BFNO3. The van der Waals surface area contributed by atoms with Crippen molar-refractivity contribution in [3.63, 3.8) is 0 Å². The lowest BCUT2D eigenvalue weighted by atomic mass is 9.78. The molecule has 0 unspecified atom stereocenters. The fourth-order valence-electron chi connectivity index (χ4n) is 2.56. The fraction of sp³-hybridized carbons (Fsp3) is 0.316. The van der Waals surface area contributed by atoms with E-state index in [4.69, 9.17) is 9.31 Å². The van der Waals surface area contributed by atoms with E-state index in [1.165, 1.54) is 6.07 Å². The summed E-state index contributed by atoms with van der Waals surface area (Å²) < 4.78 is 26.3. The van der Waals surface area contributed by atoms with E-state index in [0.29, 0.717) is 16.7 Å². The first-order chi connectivity index (χ1) is 11.7. The van der Waals surface area contributed by atoms with E-state index in [9.17, 15) is 9.18 Å². The Morgan fingerprint density at radius 3 is 2.16 bits per heavy atom. The van der Waals surface area contributed by atoms with Crippen molar-refractivity contribution >= 4 is 24.2 Å². The molecular weight excluding hydrogens is 320 g/mol. The van der Waals surface area contributed by atoms with Crippen LogP contribution in [-0.4, -0.2) is 24.2 Å². The molecule has 25 heavy (non-hydrogen) atoms. The van der Waals surface area contributed by atoms with Gasteiger partial charge < -0.3 is 14.6 Å². The molecule has 1 fully saturated rings. The standard InChI is InChI=1S/C19H21BFNO3/c1-18(2)19(3,4)25-20(24-18)15-11-10-14(12-16(15)21)22-17(23)13-8-6-5-7-9-13/h5-12H,1-4H3,(H,22,23). The van der Waals surface area contributed by atoms with Crippen molar-refractivity contribution in [2.75, 3.05) is 5.32 Å². The summed E-state index contributed by atoms with van der Waals surface area (Å²) in [6.07, 6.45) is 0. The van der Waals surface area contributed by atoms with Crippen LogP contribution in [0.15, 0.2) is 48.5 Å². The van der Waals surface area contributed by atoms with Crippen LogP contribution in [0.4, 0.5) is 10.1 Å². The molecule has 1 saturated heterocycles. The molecule has 2 aromatic rings. The van der Waals surface area contributed by atoms with E-state index < -0.39 is 24.1 Å². The molecule has 4 nitrogen and oxygen atoms in total. The van der Waals surface area contributed by atoms with Crippen LogP contribution < -0.4 is 10.8 Å². The maximum Gasteiger partial charge on any atom is 0.497 e. The number of amides is 1. The Morgan fingerprint density at radius 2 is 1.60 bits per heavy atom. The van der Waals surface area contributed by atoms with Crippen LogP contribution in [0, 0.1) is 5.82 Å². The third kappa shape index (κ3) is 3.46. The Morgan fingerprint density at radius 1 is 1.00 bits per heavy atom. The maximum absolute atomic E-state index is 14.5. The number of carbonyl (C=O) groups is 1. The van der Waals surface area contributed by atoms with E-state index in [-0.39, 0.29) is 5.91 Å². The monoisotopic (exact) mass is 341 g/mol. The minimum atomic E-state index is -0.774. The lowest BCUT2D eigenvalue weighted by Gasteiger charge is -2.32. The second kappa shape index (κ2) is 6.28. The van der Waals surface area contributed by atoms with E-state index in [1.54, 1.807) is 36.4 Å². The van der Waals surface area contributed by atoms with Crippen molar-refractivity contribution in [3.8, 4) is 0 Å². The van der Waals surface area contributed by atoms with E-state index in [2.05, 4.69) is 5.32 Å². The molecule has 130 valence electrons. The van der Waals surface area contributed by atoms with Crippen LogP contribution in [0.3, 0.4) is 0 Å². The van der Waals surface area contributed by atoms with Gasteiger partial charge in [-0.05, 0) is 52.0 Å². The zero-order valence-corrected chi connectivity index (χ0v) is 14.8. The Hall–Kier alpha value is -2.18. The molecule has 0 bridgehead atoms. The Kier molecular flexibility index (Phi) is 4.43. The predicted octanol–water partition coefficient (Wildman–Crippen LogP) is 3.38. The summed E-state index contributed by atoms with van der Waals surface area (Å²) in [6.45, 7) is 7.66. The topological polar surface area (TPSA) is 47.6 Å². The van der Waals surface area contributed by atoms with Gasteiger partial charge in [-0.15, -0.1) is 0 Å². The van der Waals surface area contributed by atoms with E-state index >= 15 is 0 Å². The summed E-state index contributed by atoms with van der Waals surface area (Å²) in [7, 11) is -0.774. The fourth-order valence-corrected chi connectivity index (χ4v) is 2.56. The second-order valence-electron chi connectivity index (χ2n) is 7.14. The highest BCUT2D eigenvalue weighted by Crippen LogP contribution is 2.36. The molecule has 0 atom stereocenters. The molecule has 0 radical (unpaired) electrons. The molecule has 6 heteroatoms. The summed E-state index contributed by atoms with van der Waals surface area (Å²) in [4.78, 5) is 12.2. The van der Waals surface area contributed by atoms with Crippen molar-refractivity contribution < 1.29 is 18.5 Å². The Bertz CT molecular complexity index is 777. The van der Waals surface area contributed by atoms with Crippen LogP contribution in [0.5, 0.6) is 0 Å². The molecule has 1 aliphatic rings. The van der Waals surface area contributed by atoms with Crippen LogP contribution in [0.2, 0.25) is 0 Å². The van der Waals surface area contributed by atoms with Crippen LogP contribution >= 0.6 is 0 Å². The number of carbonyl (C=O) groups excluding carboxylic acids is 1. The van der Waals surface area contributed by atoms with Gasteiger partial charge in [-0.3, -0.25) is 4.79 Å². The lowest BCUT2D eigenvalue weighted by molar-refractivity contribution is 0.00578. The molecule has 3 rings (SSSR count). The molecule has 0 aliphatic carbocycles. The van der Waals surface area contributed by atoms with Gasteiger partial charge in [0.15, 0.2) is 0 Å². The number of rotatable bonds is 3. The molecule has 0 spiro atoms. The molecule has 1 amide bonds. The van der Waals surface area contributed by atoms with Crippen molar-refractivity contribution in [3.05, 3.63) is 59.9 Å². The van der Waals surface area contributed by atoms with Crippen molar-refractivity contribution in [1.82, 2.24) is 0 Å². The minimum absolute atomic E-state index is 0.289. The number of anilines is 1. The highest BCUT2D eigenvalue weighted by Gasteiger charge is 2.52. The number of nitrogens with one attached hydrogen (secondary N) is 1. The van der Waals surface area contributed by atoms with Gasteiger partial charge in [-0.1, -0.05) is 24.3 Å². The SMILES string of the molecule is CC1(C)OB(c2ccc(NC(=O)c3ccccc3)cc2F)OC1(C)C. The number of hydrogen-bond donors (Lipinski definition) is 1. The first-order valence-corrected chi connectivity index (χ1v) is 8.21. The summed E-state index contributed by atoms with van der Waals surface area (Å²) in [5.41, 5.74) is 0.134. The third-order valence-corrected chi connectivity index (χ3v) is 4.80. The van der Waals surface area contributed by atoms with E-state index in [0.717, 1.165) is 0 Å². The average molecular weight is 341 g/mol. The zero-order chi connectivity index (χ0) is 18.2. The maximum atomic E-state index is 14.5. The quantitative estimate of drug-likeness (QED) is 0.871. The predicted molar refractivity (Wildman–Crippen MR) is 96.5 cm³/mol. The van der Waals surface area contributed by atoms with Gasteiger partial charge in [-0.2, -0.15) is 0 Å². The van der Waals surface area contributed by atoms with Crippen molar-refractivity contribution in [1.29, 1.82) is 0 Å². The van der Waals surface area contributed by atoms with Crippen LogP contribution in [0.25, 0.3) is 0 Å². The second-order valence-corrected chi connectivity index (χ2v) is 7.14. The van der Waals surface area contributed by atoms with Crippen molar-refractivity contribution in [2.24, 2.45) is 0 Å². The number of benzene rings is 2. The molecule has 2 aromatic carbocycles. The van der Waals surface area contributed by atoms with Gasteiger partial charge in [0, 0.05) is 16.7 Å². The molecule has 1 N–H and O–H groups in total. The highest BCUT2D eigenvalue weighted by molar-refractivity contribution is 6.62. The zero-order valence-electron chi connectivity index (χ0n) is 14.8. The minimum Gasteiger partial charge on any atom is -0.399 e. The van der Waals surface area contributed by atoms with Crippen LogP contribution in [0.1, 0.15) is 38.1 Å². The molecule has 0 saturated carbocycles. The first-order valence-electron chi connectivity index (χ1n) is 8.21. The van der Waals surface area contributed by atoms with Gasteiger partial charge in [0.05, 0.1) is 11.2 Å². The summed E-state index contributed by atoms with van der Waals surface area (Å²) in [6, 6.07) is 13.3. The number of hydrogen-bond acceptors (Lipinski definition) is 3. The lowest BCUT2D eigenvalue weighted by Crippen LogP contribution is -2.41. The Labute approximate surface area is 147 Å². The molecule has 1 heterocycles. The first kappa shape index (κ1) is 17.6. The van der Waals surface area contributed by atoms with Crippen LogP contribution in [-0.2, 0) is 9.31 Å². The smallest absolute Gasteiger partial charge is 0.399 e. The molecule has 1 aliphatic heterocycles. The summed E-state index contributed by atoms with van der Waals surface area (Å²) in [5, 5.41) is 2.69. The summed E-state index contributed by atoms with van der Waals surface area (Å²) in [5.74, 6) is -0.771. The summed E-state index contributed by atoms with van der Waals surface area (Å²) >= 11 is 0. The van der Waals surface area contributed by atoms with Crippen molar-refractivity contribution in [2.45, 2.75) is 38.9 Å². The average Bonchev–Trinajstić information content (AvgIpc) is 2.76. The molecule has 0 aromatic heterocycles. The normalized spacial score (nSPS) is 18.2. The van der Waals surface area contributed by atoms with Gasteiger partial charge in [0.25, 0.3) is 5.91 Å². The van der Waals surface area contributed by atoms with E-state index in [1.807, 2.05) is 33.8 Å². The largest absolute Gasteiger partial charge is 0.497 e. The highest BCUT2D eigenvalue weighted by atomic mass is 19.1. The third-order valence-electron chi connectivity index (χ3n) is 4.80. The Balaban J connectivity index is 1.77. The van der Waals surface area contributed by atoms with Gasteiger partial charge >= 0.3 is 7.12 Å². The van der Waals surface area contributed by atoms with Gasteiger partial charge in [0.2, 0.25) is 0 Å².